The lowest BCUT2D eigenvalue weighted by Gasteiger charge is -2.05. The molecule has 0 heterocycles. The van der Waals surface area contributed by atoms with Crippen LogP contribution in [0, 0.1) is 0 Å². The zero-order valence-corrected chi connectivity index (χ0v) is 12.6. The third-order valence-electron chi connectivity index (χ3n) is 3.26. The average molecular weight is 328 g/mol. The number of fused-ring (bicyclic) bond motifs is 1. The predicted octanol–water partition coefficient (Wildman–Crippen LogP) is 4.21. The molecule has 0 fully saturated rings. The summed E-state index contributed by atoms with van der Waals surface area (Å²) < 4.78 is 31.5. The van der Waals surface area contributed by atoms with E-state index in [1.54, 1.807) is 18.2 Å². The van der Waals surface area contributed by atoms with E-state index in [1.807, 2.05) is 18.2 Å². The minimum absolute atomic E-state index is 0.0724. The molecule has 0 spiro atoms. The lowest BCUT2D eigenvalue weighted by molar-refractivity contribution is 0.477. The summed E-state index contributed by atoms with van der Waals surface area (Å²) in [7, 11) is -4.29. The molecule has 0 saturated carbocycles. The first kappa shape index (κ1) is 15.1. The van der Waals surface area contributed by atoms with Gasteiger partial charge in [-0.3, -0.25) is 4.55 Å². The summed E-state index contributed by atoms with van der Waals surface area (Å²) >= 11 is 0. The molecular weight excluding hydrogens is 316 g/mol. The Balaban J connectivity index is 2.13. The quantitative estimate of drug-likeness (QED) is 0.555. The van der Waals surface area contributed by atoms with Gasteiger partial charge in [-0.2, -0.15) is 13.5 Å². The van der Waals surface area contributed by atoms with Crippen molar-refractivity contribution in [1.82, 2.24) is 0 Å². The van der Waals surface area contributed by atoms with Crippen molar-refractivity contribution in [2.24, 2.45) is 10.2 Å². The van der Waals surface area contributed by atoms with Crippen molar-refractivity contribution in [3.05, 3.63) is 60.7 Å². The smallest absolute Gasteiger partial charge is 0.294 e. The number of nitrogens with zero attached hydrogens (tertiary/aromatic N) is 2. The first-order valence-corrected chi connectivity index (χ1v) is 8.09. The Kier molecular flexibility index (Phi) is 3.81. The van der Waals surface area contributed by atoms with E-state index in [-0.39, 0.29) is 16.3 Å². The van der Waals surface area contributed by atoms with Crippen LogP contribution in [0.15, 0.2) is 75.8 Å². The van der Waals surface area contributed by atoms with Crippen LogP contribution in [0.1, 0.15) is 0 Å². The second-order valence-corrected chi connectivity index (χ2v) is 6.25. The molecule has 116 valence electrons. The highest BCUT2D eigenvalue weighted by Gasteiger charge is 2.13. The molecule has 0 unspecified atom stereocenters. The summed E-state index contributed by atoms with van der Waals surface area (Å²) in [5.41, 5.74) is 0.853. The van der Waals surface area contributed by atoms with Crippen molar-refractivity contribution >= 4 is 32.3 Å². The lowest BCUT2D eigenvalue weighted by atomic mass is 10.1. The van der Waals surface area contributed by atoms with Gasteiger partial charge in [0, 0.05) is 5.39 Å². The van der Waals surface area contributed by atoms with Crippen LogP contribution < -0.4 is 0 Å². The van der Waals surface area contributed by atoms with Crippen LogP contribution in [-0.4, -0.2) is 18.1 Å². The maximum atomic E-state index is 11.2. The minimum atomic E-state index is -4.29. The van der Waals surface area contributed by atoms with Gasteiger partial charge in [-0.15, -0.1) is 5.11 Å². The Morgan fingerprint density at radius 1 is 0.870 bits per heavy atom. The van der Waals surface area contributed by atoms with Gasteiger partial charge in [0.1, 0.15) is 11.4 Å². The summed E-state index contributed by atoms with van der Waals surface area (Å²) in [6, 6.07) is 16.0. The van der Waals surface area contributed by atoms with Crippen molar-refractivity contribution in [2.45, 2.75) is 4.90 Å². The molecule has 6 nitrogen and oxygen atoms in total. The fourth-order valence-electron chi connectivity index (χ4n) is 2.15. The van der Waals surface area contributed by atoms with Crippen LogP contribution >= 0.6 is 0 Å². The van der Waals surface area contributed by atoms with Crippen LogP contribution in [0.3, 0.4) is 0 Å². The Labute approximate surface area is 132 Å². The van der Waals surface area contributed by atoms with Crippen molar-refractivity contribution in [3.63, 3.8) is 0 Å². The zero-order valence-electron chi connectivity index (χ0n) is 11.8. The number of benzene rings is 3. The average Bonchev–Trinajstić information content (AvgIpc) is 2.53. The van der Waals surface area contributed by atoms with Gasteiger partial charge in [-0.1, -0.05) is 30.3 Å². The fraction of sp³-hybridized carbons (Fsp3) is 0. The zero-order chi connectivity index (χ0) is 16.4. The number of hydrogen-bond acceptors (Lipinski definition) is 5. The van der Waals surface area contributed by atoms with Crippen LogP contribution in [0.25, 0.3) is 10.8 Å². The number of hydrogen-bond donors (Lipinski definition) is 2. The number of rotatable bonds is 3. The molecule has 23 heavy (non-hydrogen) atoms. The van der Waals surface area contributed by atoms with Gasteiger partial charge in [0.05, 0.1) is 10.6 Å². The maximum absolute atomic E-state index is 11.2. The third kappa shape index (κ3) is 3.20. The molecule has 7 heteroatoms. The normalized spacial score (nSPS) is 12.0. The number of azo groups is 1. The monoisotopic (exact) mass is 328 g/mol. The van der Waals surface area contributed by atoms with Gasteiger partial charge in [0.25, 0.3) is 10.1 Å². The van der Waals surface area contributed by atoms with Crippen LogP contribution in [0.2, 0.25) is 0 Å². The van der Waals surface area contributed by atoms with E-state index in [0.717, 1.165) is 0 Å². The SMILES string of the molecule is O=S(=O)(O)c1ccc2c(N=Nc3ccccc3)c(O)ccc2c1. The number of phenols is 1. The van der Waals surface area contributed by atoms with E-state index < -0.39 is 10.1 Å². The molecule has 3 aromatic rings. The Morgan fingerprint density at radius 2 is 1.61 bits per heavy atom. The standard InChI is InChI=1S/C16H12N2O4S/c19-15-9-6-11-10-13(23(20,21)22)7-8-14(11)16(15)18-17-12-4-2-1-3-5-12/h1-10,19H,(H,20,21,22). The third-order valence-corrected chi connectivity index (χ3v) is 4.11. The van der Waals surface area contributed by atoms with Gasteiger partial charge in [0.2, 0.25) is 0 Å². The number of aromatic hydroxyl groups is 1. The second-order valence-electron chi connectivity index (χ2n) is 4.83. The van der Waals surface area contributed by atoms with E-state index in [2.05, 4.69) is 10.2 Å². The van der Waals surface area contributed by atoms with Gasteiger partial charge < -0.3 is 5.11 Å². The van der Waals surface area contributed by atoms with Crippen molar-refractivity contribution < 1.29 is 18.1 Å². The lowest BCUT2D eigenvalue weighted by Crippen LogP contribution is -1.97. The highest BCUT2D eigenvalue weighted by atomic mass is 32.2. The second kappa shape index (κ2) is 5.79. The highest BCUT2D eigenvalue weighted by Crippen LogP contribution is 2.36. The molecule has 0 radical (unpaired) electrons. The van der Waals surface area contributed by atoms with Gasteiger partial charge in [-0.25, -0.2) is 0 Å². The molecule has 0 bridgehead atoms. The molecule has 3 aromatic carbocycles. The van der Waals surface area contributed by atoms with Gasteiger partial charge >= 0.3 is 0 Å². The van der Waals surface area contributed by atoms with Crippen LogP contribution in [0.5, 0.6) is 5.75 Å². The largest absolute Gasteiger partial charge is 0.506 e. The summed E-state index contributed by atoms with van der Waals surface area (Å²) in [5, 5.41) is 19.1. The molecule has 3 rings (SSSR count). The molecule has 0 atom stereocenters. The van der Waals surface area contributed by atoms with Crippen molar-refractivity contribution in [3.8, 4) is 5.75 Å². The Morgan fingerprint density at radius 3 is 2.30 bits per heavy atom. The van der Waals surface area contributed by atoms with Crippen LogP contribution in [0.4, 0.5) is 11.4 Å². The molecule has 0 aliphatic rings. The summed E-state index contributed by atoms with van der Waals surface area (Å²) in [5.74, 6) is -0.0724. The first-order valence-electron chi connectivity index (χ1n) is 6.65. The number of phenolic OH excluding ortho intramolecular Hbond substituents is 1. The molecule has 0 saturated heterocycles. The van der Waals surface area contributed by atoms with E-state index in [1.165, 1.54) is 24.3 Å². The Bertz CT molecular complexity index is 999. The molecular formula is C16H12N2O4S. The summed E-state index contributed by atoms with van der Waals surface area (Å²) in [4.78, 5) is -0.221. The predicted molar refractivity (Wildman–Crippen MR) is 86.0 cm³/mol. The first-order chi connectivity index (χ1) is 10.9. The van der Waals surface area contributed by atoms with E-state index in [9.17, 15) is 13.5 Å². The van der Waals surface area contributed by atoms with E-state index in [4.69, 9.17) is 4.55 Å². The maximum Gasteiger partial charge on any atom is 0.294 e. The van der Waals surface area contributed by atoms with Gasteiger partial charge in [0.15, 0.2) is 0 Å². The minimum Gasteiger partial charge on any atom is -0.506 e. The summed E-state index contributed by atoms with van der Waals surface area (Å²) in [6.07, 6.45) is 0. The summed E-state index contributed by atoms with van der Waals surface area (Å²) in [6.45, 7) is 0. The molecule has 0 amide bonds. The fourth-order valence-corrected chi connectivity index (χ4v) is 2.66. The topological polar surface area (TPSA) is 99.3 Å². The van der Waals surface area contributed by atoms with Crippen molar-refractivity contribution in [1.29, 1.82) is 0 Å². The van der Waals surface area contributed by atoms with E-state index in [0.29, 0.717) is 16.5 Å². The highest BCUT2D eigenvalue weighted by molar-refractivity contribution is 7.85. The molecule has 0 aliphatic carbocycles. The van der Waals surface area contributed by atoms with E-state index >= 15 is 0 Å². The molecule has 2 N–H and O–H groups in total. The molecule has 0 aliphatic heterocycles. The van der Waals surface area contributed by atoms with Crippen LogP contribution in [-0.2, 0) is 10.1 Å². The van der Waals surface area contributed by atoms with Gasteiger partial charge in [-0.05, 0) is 35.7 Å². The van der Waals surface area contributed by atoms with Crippen molar-refractivity contribution in [2.75, 3.05) is 0 Å². The Hall–Kier alpha value is -2.77. The molecule has 0 aromatic heterocycles.